The van der Waals surface area contributed by atoms with Crippen molar-refractivity contribution >= 4 is 6.09 Å². The molecular weight excluding hydrogens is 294 g/mol. The smallest absolute Gasteiger partial charge is 0.410 e. The van der Waals surface area contributed by atoms with E-state index in [0.717, 1.165) is 18.7 Å². The van der Waals surface area contributed by atoms with E-state index in [2.05, 4.69) is 29.5 Å². The molecule has 1 aromatic heterocycles. The van der Waals surface area contributed by atoms with Crippen LogP contribution in [0.25, 0.3) is 0 Å². The quantitative estimate of drug-likeness (QED) is 0.920. The predicted molar refractivity (Wildman–Crippen MR) is 87.8 cm³/mol. The average molecular weight is 323 g/mol. The molecule has 1 fully saturated rings. The monoisotopic (exact) mass is 323 g/mol. The Hall–Kier alpha value is -1.63. The van der Waals surface area contributed by atoms with Gasteiger partial charge in [0.05, 0.1) is 5.69 Å². The van der Waals surface area contributed by atoms with E-state index in [1.54, 1.807) is 4.68 Å². The van der Waals surface area contributed by atoms with Crippen LogP contribution >= 0.6 is 0 Å². The molecule has 0 aromatic carbocycles. The van der Waals surface area contributed by atoms with Crippen LogP contribution < -0.4 is 5.32 Å². The Morgan fingerprint density at radius 3 is 2.70 bits per heavy atom. The lowest BCUT2D eigenvalue weighted by Crippen LogP contribution is -2.58. The Kier molecular flexibility index (Phi) is 5.29. The molecule has 1 amide bonds. The minimum atomic E-state index is -0.470. The molecule has 1 aliphatic rings. The summed E-state index contributed by atoms with van der Waals surface area (Å²) in [6.07, 6.45) is 2.63. The number of rotatable bonds is 3. The Balaban J connectivity index is 1.99. The lowest BCUT2D eigenvalue weighted by Gasteiger charge is -2.43. The number of likely N-dealkylation sites (tertiary alicyclic amines) is 1. The number of nitrogens with zero attached hydrogens (tertiary/aromatic N) is 4. The number of piperidine rings is 1. The minimum Gasteiger partial charge on any atom is -0.444 e. The van der Waals surface area contributed by atoms with Crippen molar-refractivity contribution < 1.29 is 9.53 Å². The molecule has 3 unspecified atom stereocenters. The van der Waals surface area contributed by atoms with Gasteiger partial charge in [-0.15, -0.1) is 5.10 Å². The molecule has 130 valence electrons. The summed E-state index contributed by atoms with van der Waals surface area (Å²) >= 11 is 0. The fourth-order valence-corrected chi connectivity index (χ4v) is 3.04. The zero-order valence-corrected chi connectivity index (χ0v) is 15.0. The topological polar surface area (TPSA) is 72.3 Å². The first-order valence-corrected chi connectivity index (χ1v) is 8.25. The Bertz CT molecular complexity index is 537. The number of hydrogen-bond donors (Lipinski definition) is 1. The summed E-state index contributed by atoms with van der Waals surface area (Å²) < 4.78 is 7.22. The van der Waals surface area contributed by atoms with Crippen molar-refractivity contribution in [2.24, 2.45) is 13.0 Å². The summed E-state index contributed by atoms with van der Waals surface area (Å²) in [7, 11) is 1.85. The highest BCUT2D eigenvalue weighted by atomic mass is 16.6. The first-order valence-electron chi connectivity index (χ1n) is 8.25. The molecule has 7 heteroatoms. The number of nitrogens with one attached hydrogen (secondary N) is 1. The van der Waals surface area contributed by atoms with Crippen LogP contribution in [0.3, 0.4) is 0 Å². The van der Waals surface area contributed by atoms with Gasteiger partial charge < -0.3 is 15.0 Å². The van der Waals surface area contributed by atoms with Crippen LogP contribution in [0.2, 0.25) is 0 Å². The van der Waals surface area contributed by atoms with Gasteiger partial charge in [-0.1, -0.05) is 12.1 Å². The van der Waals surface area contributed by atoms with Gasteiger partial charge in [0.25, 0.3) is 0 Å². The van der Waals surface area contributed by atoms with E-state index in [4.69, 9.17) is 4.74 Å². The Labute approximate surface area is 138 Å². The van der Waals surface area contributed by atoms with Gasteiger partial charge in [0.2, 0.25) is 0 Å². The number of hydrogen-bond acceptors (Lipinski definition) is 5. The maximum Gasteiger partial charge on any atom is 0.410 e. The molecule has 1 aliphatic heterocycles. The summed E-state index contributed by atoms with van der Waals surface area (Å²) in [5, 5.41) is 11.6. The largest absolute Gasteiger partial charge is 0.444 e. The van der Waals surface area contributed by atoms with Gasteiger partial charge in [0.1, 0.15) is 5.60 Å². The summed E-state index contributed by atoms with van der Waals surface area (Å²) in [4.78, 5) is 14.2. The minimum absolute atomic E-state index is 0.0743. The van der Waals surface area contributed by atoms with Gasteiger partial charge >= 0.3 is 6.09 Å². The Morgan fingerprint density at radius 1 is 1.43 bits per heavy atom. The molecule has 0 bridgehead atoms. The number of ether oxygens (including phenoxy) is 1. The molecule has 3 atom stereocenters. The zero-order valence-electron chi connectivity index (χ0n) is 15.0. The lowest BCUT2D eigenvalue weighted by molar-refractivity contribution is 0.000652. The lowest BCUT2D eigenvalue weighted by atomic mass is 9.87. The van der Waals surface area contributed by atoms with Gasteiger partial charge in [-0.25, -0.2) is 4.79 Å². The molecule has 0 aliphatic carbocycles. The molecule has 2 rings (SSSR count). The summed E-state index contributed by atoms with van der Waals surface area (Å²) in [6, 6.07) is 0.281. The first kappa shape index (κ1) is 17.7. The van der Waals surface area contributed by atoms with Crippen LogP contribution in [0.4, 0.5) is 4.79 Å². The SMILES string of the molecule is CC1CCN(C(=O)OC(C)(C)C)C(C)C1NCc1cn(C)nn1. The van der Waals surface area contributed by atoms with Gasteiger partial charge in [-0.2, -0.15) is 0 Å². The van der Waals surface area contributed by atoms with Crippen molar-refractivity contribution in [1.29, 1.82) is 0 Å². The number of amides is 1. The molecule has 2 heterocycles. The van der Waals surface area contributed by atoms with Crippen molar-refractivity contribution in [3.8, 4) is 0 Å². The molecule has 1 saturated heterocycles. The number of carbonyl (C=O) groups excluding carboxylic acids is 1. The molecule has 1 N–H and O–H groups in total. The van der Waals surface area contributed by atoms with E-state index in [-0.39, 0.29) is 18.2 Å². The third kappa shape index (κ3) is 4.67. The Morgan fingerprint density at radius 2 is 2.13 bits per heavy atom. The van der Waals surface area contributed by atoms with Gasteiger partial charge in [0, 0.05) is 38.4 Å². The number of aromatic nitrogens is 3. The molecule has 23 heavy (non-hydrogen) atoms. The summed E-state index contributed by atoms with van der Waals surface area (Å²) in [5.41, 5.74) is 0.434. The zero-order chi connectivity index (χ0) is 17.2. The molecule has 0 radical (unpaired) electrons. The van der Waals surface area contributed by atoms with Gasteiger partial charge in [-0.3, -0.25) is 4.68 Å². The van der Waals surface area contributed by atoms with Gasteiger partial charge in [0.15, 0.2) is 0 Å². The molecule has 0 saturated carbocycles. The second-order valence-corrected chi connectivity index (χ2v) is 7.47. The third-order valence-electron chi connectivity index (χ3n) is 4.25. The maximum atomic E-state index is 12.4. The van der Waals surface area contributed by atoms with Gasteiger partial charge in [-0.05, 0) is 40.0 Å². The van der Waals surface area contributed by atoms with E-state index >= 15 is 0 Å². The van der Waals surface area contributed by atoms with E-state index in [0.29, 0.717) is 12.5 Å². The highest BCUT2D eigenvalue weighted by molar-refractivity contribution is 5.68. The first-order chi connectivity index (χ1) is 10.7. The molecule has 1 aromatic rings. The van der Waals surface area contributed by atoms with Crippen molar-refractivity contribution in [3.05, 3.63) is 11.9 Å². The van der Waals surface area contributed by atoms with Crippen LogP contribution in [0.1, 0.15) is 46.7 Å². The van der Waals surface area contributed by atoms with Crippen molar-refractivity contribution in [2.45, 2.75) is 65.3 Å². The standard InChI is InChI=1S/C16H29N5O2/c1-11-7-8-21(15(22)23-16(3,4)5)12(2)14(11)17-9-13-10-20(6)19-18-13/h10-12,14,17H,7-9H2,1-6H3. The number of carbonyl (C=O) groups is 1. The van der Waals surface area contributed by atoms with Crippen LogP contribution in [0.5, 0.6) is 0 Å². The fourth-order valence-electron chi connectivity index (χ4n) is 3.04. The highest BCUT2D eigenvalue weighted by Gasteiger charge is 2.37. The van der Waals surface area contributed by atoms with Crippen LogP contribution in [0, 0.1) is 5.92 Å². The normalized spacial score (nSPS) is 25.5. The van der Waals surface area contributed by atoms with E-state index in [9.17, 15) is 4.79 Å². The second kappa shape index (κ2) is 6.86. The van der Waals surface area contributed by atoms with Crippen molar-refractivity contribution in [2.75, 3.05) is 6.54 Å². The molecule has 0 spiro atoms. The second-order valence-electron chi connectivity index (χ2n) is 7.47. The van der Waals surface area contributed by atoms with Crippen LogP contribution in [-0.2, 0) is 18.3 Å². The molecule has 7 nitrogen and oxygen atoms in total. The highest BCUT2D eigenvalue weighted by Crippen LogP contribution is 2.25. The average Bonchev–Trinajstić information content (AvgIpc) is 2.82. The third-order valence-corrected chi connectivity index (χ3v) is 4.25. The van der Waals surface area contributed by atoms with Crippen LogP contribution in [0.15, 0.2) is 6.20 Å². The van der Waals surface area contributed by atoms with Crippen molar-refractivity contribution in [1.82, 2.24) is 25.2 Å². The fraction of sp³-hybridized carbons (Fsp3) is 0.812. The summed E-state index contributed by atoms with van der Waals surface area (Å²) in [5.74, 6) is 0.486. The van der Waals surface area contributed by atoms with E-state index < -0.39 is 5.60 Å². The summed E-state index contributed by atoms with van der Waals surface area (Å²) in [6.45, 7) is 11.4. The van der Waals surface area contributed by atoms with E-state index in [1.165, 1.54) is 0 Å². The van der Waals surface area contributed by atoms with Crippen LogP contribution in [-0.4, -0.2) is 50.2 Å². The maximum absolute atomic E-state index is 12.4. The van der Waals surface area contributed by atoms with Crippen molar-refractivity contribution in [3.63, 3.8) is 0 Å². The predicted octanol–water partition coefficient (Wildman–Crippen LogP) is 1.94. The van der Waals surface area contributed by atoms with E-state index in [1.807, 2.05) is 38.9 Å². The number of aryl methyl sites for hydroxylation is 1. The molecular formula is C16H29N5O2.